The lowest BCUT2D eigenvalue weighted by atomic mass is 10.0. The monoisotopic (exact) mass is 446 g/mol. The second-order valence-electron chi connectivity index (χ2n) is 8.24. The maximum Gasteiger partial charge on any atom is 0.255 e. The van der Waals surface area contributed by atoms with Gasteiger partial charge in [-0.2, -0.15) is 0 Å². The number of benzene rings is 2. The number of nitrogens with one attached hydrogen (secondary N) is 1. The van der Waals surface area contributed by atoms with E-state index in [0.717, 1.165) is 28.8 Å². The Morgan fingerprint density at radius 3 is 2.58 bits per heavy atom. The highest BCUT2D eigenvalue weighted by Gasteiger charge is 2.24. The van der Waals surface area contributed by atoms with Crippen LogP contribution in [0.3, 0.4) is 0 Å². The number of nitrogens with two attached hydrogens (primary N) is 1. The fourth-order valence-electron chi connectivity index (χ4n) is 4.01. The fourth-order valence-corrected chi connectivity index (χ4v) is 4.01. The summed E-state index contributed by atoms with van der Waals surface area (Å²) < 4.78 is 13.0. The minimum absolute atomic E-state index is 0.0645. The van der Waals surface area contributed by atoms with Gasteiger partial charge in [0.05, 0.1) is 5.56 Å². The van der Waals surface area contributed by atoms with Crippen molar-refractivity contribution in [1.82, 2.24) is 15.2 Å². The van der Waals surface area contributed by atoms with Gasteiger partial charge in [0, 0.05) is 38.2 Å². The molecule has 1 aromatic heterocycles. The minimum Gasteiger partial charge on any atom is -0.383 e. The first-order valence-corrected chi connectivity index (χ1v) is 11.1. The van der Waals surface area contributed by atoms with Crippen LogP contribution in [0.1, 0.15) is 45.6 Å². The average Bonchev–Trinajstić information content (AvgIpc) is 2.83. The van der Waals surface area contributed by atoms with Gasteiger partial charge >= 0.3 is 0 Å². The van der Waals surface area contributed by atoms with Crippen molar-refractivity contribution in [1.29, 1.82) is 0 Å². The number of halogens is 1. The normalized spacial score (nSPS) is 12.8. The maximum absolute atomic E-state index is 13.0. The van der Waals surface area contributed by atoms with Crippen molar-refractivity contribution in [2.45, 2.75) is 38.8 Å². The molecule has 0 saturated heterocycles. The molecule has 33 heavy (non-hydrogen) atoms. The van der Waals surface area contributed by atoms with E-state index in [2.05, 4.69) is 10.3 Å². The van der Waals surface area contributed by atoms with Crippen LogP contribution in [0, 0.1) is 5.82 Å². The van der Waals surface area contributed by atoms with Crippen molar-refractivity contribution in [3.05, 3.63) is 94.4 Å². The lowest BCUT2D eigenvalue weighted by Crippen LogP contribution is -2.37. The summed E-state index contributed by atoms with van der Waals surface area (Å²) in [7, 11) is 0. The van der Waals surface area contributed by atoms with Crippen LogP contribution in [-0.4, -0.2) is 28.2 Å². The molecule has 0 radical (unpaired) electrons. The Bertz CT molecular complexity index is 1130. The fraction of sp³-hybridized carbons (Fsp3) is 0.269. The summed E-state index contributed by atoms with van der Waals surface area (Å²) in [5.74, 6) is -0.272. The second-order valence-corrected chi connectivity index (χ2v) is 8.24. The zero-order chi connectivity index (χ0) is 23.2. The van der Waals surface area contributed by atoms with Gasteiger partial charge in [0.15, 0.2) is 0 Å². The molecule has 1 aliphatic heterocycles. The van der Waals surface area contributed by atoms with E-state index in [4.69, 9.17) is 5.73 Å². The van der Waals surface area contributed by atoms with Crippen LogP contribution in [0.4, 0.5) is 10.2 Å². The average molecular weight is 447 g/mol. The van der Waals surface area contributed by atoms with Gasteiger partial charge in [0.25, 0.3) is 5.91 Å². The number of carbonyl (C=O) groups excluding carboxylic acids is 2. The summed E-state index contributed by atoms with van der Waals surface area (Å²) in [6.45, 7) is 1.39. The summed E-state index contributed by atoms with van der Waals surface area (Å²) >= 11 is 0. The highest BCUT2D eigenvalue weighted by molar-refractivity contribution is 5.98. The SMILES string of the molecule is Nc1nc2c(cc1C(=O)NCc1ccccc1)CN(C(=O)CCCc1ccc(F)cc1)CC2. The molecule has 7 heteroatoms. The summed E-state index contributed by atoms with van der Waals surface area (Å²) in [5.41, 5.74) is 10.1. The minimum atomic E-state index is -0.283. The first kappa shape index (κ1) is 22.5. The Balaban J connectivity index is 1.35. The van der Waals surface area contributed by atoms with Gasteiger partial charge in [0.1, 0.15) is 11.6 Å². The van der Waals surface area contributed by atoms with Gasteiger partial charge in [-0.05, 0) is 47.7 Å². The number of nitrogen functional groups attached to an aromatic ring is 1. The van der Waals surface area contributed by atoms with Crippen LogP contribution in [0.2, 0.25) is 0 Å². The third-order valence-electron chi connectivity index (χ3n) is 5.86. The Kier molecular flexibility index (Phi) is 6.98. The molecular formula is C26H27FN4O2. The third kappa shape index (κ3) is 5.74. The van der Waals surface area contributed by atoms with Gasteiger partial charge in [-0.1, -0.05) is 42.5 Å². The van der Waals surface area contributed by atoms with E-state index in [1.54, 1.807) is 23.1 Å². The summed E-state index contributed by atoms with van der Waals surface area (Å²) in [6, 6.07) is 17.8. The summed E-state index contributed by atoms with van der Waals surface area (Å²) in [6.07, 6.45) is 2.44. The zero-order valence-electron chi connectivity index (χ0n) is 18.4. The number of anilines is 1. The molecule has 170 valence electrons. The molecule has 3 aromatic rings. The Labute approximate surface area is 192 Å². The van der Waals surface area contributed by atoms with E-state index in [-0.39, 0.29) is 23.4 Å². The Morgan fingerprint density at radius 1 is 1.06 bits per heavy atom. The standard InChI is InChI=1S/C26H27FN4O2/c27-21-11-9-18(10-12-21)7-4-8-24(32)31-14-13-23-20(17-31)15-22(25(28)30-23)26(33)29-16-19-5-2-1-3-6-19/h1-3,5-6,9-12,15H,4,7-8,13-14,16-17H2,(H2,28,30)(H,29,33). The number of carbonyl (C=O) groups is 2. The van der Waals surface area contributed by atoms with Crippen molar-refractivity contribution in [2.75, 3.05) is 12.3 Å². The molecule has 0 fully saturated rings. The van der Waals surface area contributed by atoms with Crippen LogP contribution in [0.25, 0.3) is 0 Å². The van der Waals surface area contributed by atoms with E-state index >= 15 is 0 Å². The molecular weight excluding hydrogens is 419 g/mol. The largest absolute Gasteiger partial charge is 0.383 e. The van der Waals surface area contributed by atoms with Crippen LogP contribution >= 0.6 is 0 Å². The molecule has 2 aromatic carbocycles. The number of aryl methyl sites for hydroxylation is 1. The first-order chi connectivity index (χ1) is 16.0. The van der Waals surface area contributed by atoms with Crippen molar-refractivity contribution in [3.8, 4) is 0 Å². The summed E-state index contributed by atoms with van der Waals surface area (Å²) in [5, 5.41) is 2.88. The van der Waals surface area contributed by atoms with Crippen molar-refractivity contribution in [2.24, 2.45) is 0 Å². The molecule has 0 atom stereocenters. The molecule has 0 bridgehead atoms. The van der Waals surface area contributed by atoms with E-state index < -0.39 is 0 Å². The van der Waals surface area contributed by atoms with E-state index in [0.29, 0.717) is 44.5 Å². The molecule has 3 N–H and O–H groups in total. The molecule has 0 unspecified atom stereocenters. The van der Waals surface area contributed by atoms with Crippen molar-refractivity contribution >= 4 is 17.6 Å². The predicted octanol–water partition coefficient (Wildman–Crippen LogP) is 3.64. The number of amides is 2. The topological polar surface area (TPSA) is 88.3 Å². The van der Waals surface area contributed by atoms with Crippen LogP contribution in [-0.2, 0) is 30.7 Å². The summed E-state index contributed by atoms with van der Waals surface area (Å²) in [4.78, 5) is 31.7. The molecule has 4 rings (SSSR count). The van der Waals surface area contributed by atoms with Crippen LogP contribution < -0.4 is 11.1 Å². The quantitative estimate of drug-likeness (QED) is 0.580. The van der Waals surface area contributed by atoms with Crippen molar-refractivity contribution < 1.29 is 14.0 Å². The van der Waals surface area contributed by atoms with Gasteiger partial charge in [-0.3, -0.25) is 9.59 Å². The van der Waals surface area contributed by atoms with Crippen LogP contribution in [0.15, 0.2) is 60.7 Å². The molecule has 0 saturated carbocycles. The van der Waals surface area contributed by atoms with Gasteiger partial charge in [-0.25, -0.2) is 9.37 Å². The lowest BCUT2D eigenvalue weighted by Gasteiger charge is -2.29. The molecule has 2 heterocycles. The zero-order valence-corrected chi connectivity index (χ0v) is 18.4. The number of aromatic nitrogens is 1. The number of hydrogen-bond acceptors (Lipinski definition) is 4. The first-order valence-electron chi connectivity index (χ1n) is 11.1. The van der Waals surface area contributed by atoms with Crippen LogP contribution in [0.5, 0.6) is 0 Å². The molecule has 0 aliphatic carbocycles. The predicted molar refractivity (Wildman–Crippen MR) is 125 cm³/mol. The Morgan fingerprint density at radius 2 is 1.82 bits per heavy atom. The Hall–Kier alpha value is -3.74. The highest BCUT2D eigenvalue weighted by atomic mass is 19.1. The smallest absolute Gasteiger partial charge is 0.255 e. The molecule has 0 spiro atoms. The lowest BCUT2D eigenvalue weighted by molar-refractivity contribution is -0.132. The van der Waals surface area contributed by atoms with E-state index in [1.165, 1.54) is 12.1 Å². The van der Waals surface area contributed by atoms with Gasteiger partial charge in [0.2, 0.25) is 5.91 Å². The number of hydrogen-bond donors (Lipinski definition) is 2. The van der Waals surface area contributed by atoms with E-state index in [9.17, 15) is 14.0 Å². The van der Waals surface area contributed by atoms with Crippen molar-refractivity contribution in [3.63, 3.8) is 0 Å². The molecule has 6 nitrogen and oxygen atoms in total. The van der Waals surface area contributed by atoms with Gasteiger partial charge in [-0.15, -0.1) is 0 Å². The number of rotatable bonds is 7. The van der Waals surface area contributed by atoms with E-state index in [1.807, 2.05) is 30.3 Å². The number of pyridine rings is 1. The molecule has 1 aliphatic rings. The maximum atomic E-state index is 13.0. The third-order valence-corrected chi connectivity index (χ3v) is 5.86. The number of nitrogens with zero attached hydrogens (tertiary/aromatic N) is 2. The number of fused-ring (bicyclic) bond motifs is 1. The molecule has 2 amide bonds. The highest BCUT2D eigenvalue weighted by Crippen LogP contribution is 2.23. The van der Waals surface area contributed by atoms with Gasteiger partial charge < -0.3 is 16.0 Å². The second kappa shape index (κ2) is 10.3.